The average molecular weight is 276 g/mol. The monoisotopic (exact) mass is 276 g/mol. The molecule has 0 saturated carbocycles. The fourth-order valence-corrected chi connectivity index (χ4v) is 2.06. The summed E-state index contributed by atoms with van der Waals surface area (Å²) in [5, 5.41) is 10.5. The van der Waals surface area contributed by atoms with Crippen LogP contribution in [0.4, 0.5) is 5.69 Å². The molecule has 0 radical (unpaired) electrons. The molecule has 1 N–H and O–H groups in total. The summed E-state index contributed by atoms with van der Waals surface area (Å²) in [7, 11) is 0. The summed E-state index contributed by atoms with van der Waals surface area (Å²) in [6.07, 6.45) is 2.89. The van der Waals surface area contributed by atoms with Crippen molar-refractivity contribution in [2.75, 3.05) is 0 Å². The van der Waals surface area contributed by atoms with Crippen LogP contribution in [0.3, 0.4) is 0 Å². The Balaban J connectivity index is 1.97. The molecule has 0 amide bonds. The van der Waals surface area contributed by atoms with E-state index in [-0.39, 0.29) is 11.5 Å². The predicted octanol–water partition coefficient (Wildman–Crippen LogP) is 3.53. The van der Waals surface area contributed by atoms with Crippen LogP contribution < -0.4 is 0 Å². The first-order valence-corrected chi connectivity index (χ1v) is 6.46. The molecule has 0 aliphatic rings. The average Bonchev–Trinajstić information content (AvgIpc) is 2.55. The fourth-order valence-electron chi connectivity index (χ4n) is 2.06. The Hall–Kier alpha value is -3.01. The van der Waals surface area contributed by atoms with Gasteiger partial charge in [-0.05, 0) is 24.3 Å². The van der Waals surface area contributed by atoms with Gasteiger partial charge in [-0.15, -0.1) is 0 Å². The standard InChI is InChI=1S/C17H12N2O2/c20-15-9-8-14(13-7-4-10-18-17(13)15)19-11-16(21)12-5-2-1-3-6-12/h1-11,20H. The summed E-state index contributed by atoms with van der Waals surface area (Å²) in [6.45, 7) is 0. The summed E-state index contributed by atoms with van der Waals surface area (Å²) >= 11 is 0. The Bertz CT molecular complexity index is 827. The molecule has 0 unspecified atom stereocenters. The second kappa shape index (κ2) is 5.54. The number of fused-ring (bicyclic) bond motifs is 1. The van der Waals surface area contributed by atoms with Crippen LogP contribution in [0.15, 0.2) is 65.8 Å². The Morgan fingerprint density at radius 2 is 1.86 bits per heavy atom. The molecule has 4 heteroatoms. The number of aromatic hydroxyl groups is 1. The number of hydrogen-bond donors (Lipinski definition) is 1. The minimum atomic E-state index is -0.166. The van der Waals surface area contributed by atoms with Gasteiger partial charge in [-0.3, -0.25) is 14.8 Å². The highest BCUT2D eigenvalue weighted by atomic mass is 16.3. The smallest absolute Gasteiger partial charge is 0.204 e. The third-order valence-electron chi connectivity index (χ3n) is 3.10. The number of benzene rings is 2. The number of ketones is 1. The second-order valence-electron chi connectivity index (χ2n) is 4.49. The van der Waals surface area contributed by atoms with Crippen molar-refractivity contribution in [2.24, 2.45) is 4.99 Å². The zero-order chi connectivity index (χ0) is 14.7. The summed E-state index contributed by atoms with van der Waals surface area (Å²) in [5.41, 5.74) is 1.65. The van der Waals surface area contributed by atoms with Gasteiger partial charge in [0.25, 0.3) is 0 Å². The lowest BCUT2D eigenvalue weighted by molar-refractivity contribution is 0.107. The molecular weight excluding hydrogens is 264 g/mol. The number of carbonyl (C=O) groups is 1. The van der Waals surface area contributed by atoms with E-state index >= 15 is 0 Å². The second-order valence-corrected chi connectivity index (χ2v) is 4.49. The molecule has 1 aromatic heterocycles. The predicted molar refractivity (Wildman–Crippen MR) is 82.3 cm³/mol. The Labute approximate surface area is 121 Å². The zero-order valence-electron chi connectivity index (χ0n) is 11.1. The van der Waals surface area contributed by atoms with E-state index in [1.54, 1.807) is 42.6 Å². The minimum Gasteiger partial charge on any atom is -0.506 e. The molecule has 2 aromatic carbocycles. The molecule has 102 valence electrons. The molecule has 0 atom stereocenters. The number of Topliss-reactive ketones (excluding diaryl/α,β-unsaturated/α-hetero) is 1. The number of phenolic OH excluding ortho intramolecular Hbond substituents is 1. The van der Waals surface area contributed by atoms with Crippen LogP contribution in [0, 0.1) is 0 Å². The highest BCUT2D eigenvalue weighted by Crippen LogP contribution is 2.30. The zero-order valence-corrected chi connectivity index (χ0v) is 11.1. The lowest BCUT2D eigenvalue weighted by atomic mass is 10.1. The third-order valence-corrected chi connectivity index (χ3v) is 3.10. The molecular formula is C17H12N2O2. The highest BCUT2D eigenvalue weighted by Gasteiger charge is 2.06. The molecule has 0 aliphatic carbocycles. The first-order chi connectivity index (χ1) is 10.3. The van der Waals surface area contributed by atoms with Gasteiger partial charge in [-0.2, -0.15) is 0 Å². The van der Waals surface area contributed by atoms with E-state index in [0.717, 1.165) is 0 Å². The van der Waals surface area contributed by atoms with Crippen molar-refractivity contribution in [1.82, 2.24) is 4.98 Å². The number of carbonyl (C=O) groups excluding carboxylic acids is 1. The van der Waals surface area contributed by atoms with E-state index in [2.05, 4.69) is 9.98 Å². The normalized spacial score (nSPS) is 11.0. The van der Waals surface area contributed by atoms with Gasteiger partial charge < -0.3 is 5.11 Å². The maximum Gasteiger partial charge on any atom is 0.204 e. The fraction of sp³-hybridized carbons (Fsp3) is 0. The van der Waals surface area contributed by atoms with Crippen LogP contribution in [0.5, 0.6) is 5.75 Å². The summed E-state index contributed by atoms with van der Waals surface area (Å²) in [5.74, 6) is -0.0698. The lowest BCUT2D eigenvalue weighted by Crippen LogP contribution is -1.99. The van der Waals surface area contributed by atoms with Crippen molar-refractivity contribution in [3.05, 3.63) is 66.4 Å². The molecule has 4 nitrogen and oxygen atoms in total. The topological polar surface area (TPSA) is 62.5 Å². The minimum absolute atomic E-state index is 0.0962. The van der Waals surface area contributed by atoms with Crippen molar-refractivity contribution in [3.63, 3.8) is 0 Å². The molecule has 0 saturated heterocycles. The summed E-state index contributed by atoms with van der Waals surface area (Å²) < 4.78 is 0. The number of hydrogen-bond acceptors (Lipinski definition) is 4. The van der Waals surface area contributed by atoms with Crippen molar-refractivity contribution in [2.45, 2.75) is 0 Å². The Morgan fingerprint density at radius 1 is 1.05 bits per heavy atom. The molecule has 0 spiro atoms. The highest BCUT2D eigenvalue weighted by molar-refractivity contribution is 6.35. The van der Waals surface area contributed by atoms with E-state index in [1.807, 2.05) is 12.1 Å². The SMILES string of the molecule is O=C(C=Nc1ccc(O)c2ncccc12)c1ccccc1. The Kier molecular flexibility index (Phi) is 3.43. The largest absolute Gasteiger partial charge is 0.506 e. The number of aromatic nitrogens is 1. The first kappa shape index (κ1) is 13.0. The van der Waals surface area contributed by atoms with E-state index in [4.69, 9.17) is 0 Å². The molecule has 3 rings (SSSR count). The van der Waals surface area contributed by atoms with Crippen LogP contribution in [0.25, 0.3) is 10.9 Å². The number of nitrogens with zero attached hydrogens (tertiary/aromatic N) is 2. The van der Waals surface area contributed by atoms with Gasteiger partial charge >= 0.3 is 0 Å². The molecule has 0 bridgehead atoms. The van der Waals surface area contributed by atoms with Gasteiger partial charge in [0.05, 0.1) is 11.9 Å². The summed E-state index contributed by atoms with van der Waals surface area (Å²) in [4.78, 5) is 20.4. The maximum absolute atomic E-state index is 12.0. The van der Waals surface area contributed by atoms with E-state index in [9.17, 15) is 9.90 Å². The van der Waals surface area contributed by atoms with Crippen molar-refractivity contribution >= 4 is 28.6 Å². The molecule has 0 aliphatic heterocycles. The van der Waals surface area contributed by atoms with Crippen LogP contribution in [0.2, 0.25) is 0 Å². The van der Waals surface area contributed by atoms with Gasteiger partial charge in [-0.25, -0.2) is 0 Å². The first-order valence-electron chi connectivity index (χ1n) is 6.46. The number of rotatable bonds is 3. The molecule has 1 heterocycles. The van der Waals surface area contributed by atoms with Gasteiger partial charge in [0.2, 0.25) is 5.78 Å². The third kappa shape index (κ3) is 2.65. The van der Waals surface area contributed by atoms with E-state index in [0.29, 0.717) is 22.2 Å². The summed E-state index contributed by atoms with van der Waals surface area (Å²) in [6, 6.07) is 15.7. The maximum atomic E-state index is 12.0. The van der Waals surface area contributed by atoms with Gasteiger partial charge in [0.15, 0.2) is 0 Å². The Morgan fingerprint density at radius 3 is 2.67 bits per heavy atom. The number of aliphatic imine (C=N–C) groups is 1. The van der Waals surface area contributed by atoms with Crippen LogP contribution in [-0.2, 0) is 0 Å². The number of phenols is 1. The molecule has 0 fully saturated rings. The van der Waals surface area contributed by atoms with Crippen molar-refractivity contribution < 1.29 is 9.90 Å². The van der Waals surface area contributed by atoms with Gasteiger partial charge in [0, 0.05) is 17.1 Å². The van der Waals surface area contributed by atoms with E-state index in [1.165, 1.54) is 12.3 Å². The van der Waals surface area contributed by atoms with Crippen LogP contribution >= 0.6 is 0 Å². The van der Waals surface area contributed by atoms with Crippen molar-refractivity contribution in [1.29, 1.82) is 0 Å². The van der Waals surface area contributed by atoms with Crippen LogP contribution in [-0.4, -0.2) is 22.1 Å². The molecule has 21 heavy (non-hydrogen) atoms. The quantitative estimate of drug-likeness (QED) is 0.588. The molecule has 3 aromatic rings. The van der Waals surface area contributed by atoms with Crippen molar-refractivity contribution in [3.8, 4) is 5.75 Å². The van der Waals surface area contributed by atoms with Crippen LogP contribution in [0.1, 0.15) is 10.4 Å². The van der Waals surface area contributed by atoms with Gasteiger partial charge in [0.1, 0.15) is 11.3 Å². The van der Waals surface area contributed by atoms with E-state index < -0.39 is 0 Å². The number of pyridine rings is 1. The van der Waals surface area contributed by atoms with Gasteiger partial charge in [-0.1, -0.05) is 30.3 Å². The lowest BCUT2D eigenvalue weighted by Gasteiger charge is -2.02.